The van der Waals surface area contributed by atoms with Gasteiger partial charge in [0.15, 0.2) is 0 Å². The van der Waals surface area contributed by atoms with E-state index in [1.807, 2.05) is 0 Å². The van der Waals surface area contributed by atoms with Crippen molar-refractivity contribution >= 4 is 5.91 Å². The van der Waals surface area contributed by atoms with Gasteiger partial charge in [-0.15, -0.1) is 0 Å². The van der Waals surface area contributed by atoms with E-state index in [9.17, 15) is 4.79 Å². The molecule has 1 aliphatic rings. The minimum Gasteiger partial charge on any atom is -0.356 e. The molecule has 1 heterocycles. The van der Waals surface area contributed by atoms with Crippen LogP contribution in [0.2, 0.25) is 0 Å². The molecule has 0 unspecified atom stereocenters. The van der Waals surface area contributed by atoms with Crippen LogP contribution < -0.4 is 10.6 Å². The van der Waals surface area contributed by atoms with Gasteiger partial charge in [-0.1, -0.05) is 20.8 Å². The topological polar surface area (TPSA) is 41.1 Å². The van der Waals surface area contributed by atoms with Gasteiger partial charge in [-0.3, -0.25) is 4.79 Å². The Bertz CT molecular complexity index is 180. The lowest BCUT2D eigenvalue weighted by Crippen LogP contribution is -2.36. The van der Waals surface area contributed by atoms with Crippen molar-refractivity contribution in [2.75, 3.05) is 19.6 Å². The van der Waals surface area contributed by atoms with Gasteiger partial charge in [0.05, 0.1) is 5.92 Å². The molecule has 1 fully saturated rings. The van der Waals surface area contributed by atoms with Crippen molar-refractivity contribution in [1.82, 2.24) is 10.6 Å². The normalized spacial score (nSPS) is 28.0. The molecule has 0 aromatic heterocycles. The third kappa shape index (κ3) is 2.99. The third-order valence-corrected chi connectivity index (χ3v) is 2.54. The van der Waals surface area contributed by atoms with Crippen molar-refractivity contribution in [2.45, 2.75) is 20.8 Å². The van der Waals surface area contributed by atoms with E-state index < -0.39 is 0 Å². The molecule has 0 aromatic carbocycles. The van der Waals surface area contributed by atoms with Gasteiger partial charge in [0.2, 0.25) is 5.91 Å². The summed E-state index contributed by atoms with van der Waals surface area (Å²) in [5, 5.41) is 6.21. The summed E-state index contributed by atoms with van der Waals surface area (Å²) in [6, 6.07) is 0. The zero-order valence-corrected chi connectivity index (χ0v) is 8.76. The molecule has 0 aliphatic carbocycles. The molecular formula is C10H20N2O. The summed E-state index contributed by atoms with van der Waals surface area (Å²) in [4.78, 5) is 11.6. The van der Waals surface area contributed by atoms with Gasteiger partial charge in [0.25, 0.3) is 0 Å². The van der Waals surface area contributed by atoms with Crippen molar-refractivity contribution in [1.29, 1.82) is 0 Å². The molecule has 0 radical (unpaired) electrons. The van der Waals surface area contributed by atoms with Crippen LogP contribution in [0.3, 0.4) is 0 Å². The SMILES string of the molecule is CC(C)CNC(=O)[C@@H]1CNC[C@H]1C. The Balaban J connectivity index is 2.30. The number of carbonyl (C=O) groups excluding carboxylic acids is 1. The van der Waals surface area contributed by atoms with E-state index in [2.05, 4.69) is 31.4 Å². The first kappa shape index (κ1) is 10.5. The lowest BCUT2D eigenvalue weighted by atomic mass is 9.97. The van der Waals surface area contributed by atoms with Crippen LogP contribution in [0, 0.1) is 17.8 Å². The minimum absolute atomic E-state index is 0.179. The summed E-state index contributed by atoms with van der Waals surface area (Å²) in [5.74, 6) is 1.41. The van der Waals surface area contributed by atoms with Gasteiger partial charge in [-0.2, -0.15) is 0 Å². The van der Waals surface area contributed by atoms with Crippen LogP contribution in [0.25, 0.3) is 0 Å². The Morgan fingerprint density at radius 3 is 2.69 bits per heavy atom. The first-order chi connectivity index (χ1) is 6.11. The second-order valence-electron chi connectivity index (χ2n) is 4.38. The summed E-state index contributed by atoms with van der Waals surface area (Å²) in [5.41, 5.74) is 0. The molecule has 1 saturated heterocycles. The predicted molar refractivity (Wildman–Crippen MR) is 53.4 cm³/mol. The molecule has 3 nitrogen and oxygen atoms in total. The second-order valence-corrected chi connectivity index (χ2v) is 4.38. The molecule has 13 heavy (non-hydrogen) atoms. The lowest BCUT2D eigenvalue weighted by molar-refractivity contribution is -0.125. The van der Waals surface area contributed by atoms with Gasteiger partial charge >= 0.3 is 0 Å². The van der Waals surface area contributed by atoms with E-state index in [4.69, 9.17) is 0 Å². The Labute approximate surface area is 80.3 Å². The molecule has 3 heteroatoms. The van der Waals surface area contributed by atoms with E-state index in [-0.39, 0.29) is 11.8 Å². The highest BCUT2D eigenvalue weighted by atomic mass is 16.1. The van der Waals surface area contributed by atoms with Crippen LogP contribution >= 0.6 is 0 Å². The Kier molecular flexibility index (Phi) is 3.72. The van der Waals surface area contributed by atoms with E-state index >= 15 is 0 Å². The van der Waals surface area contributed by atoms with Crippen LogP contribution in [-0.2, 0) is 4.79 Å². The highest BCUT2D eigenvalue weighted by molar-refractivity contribution is 5.79. The Hall–Kier alpha value is -0.570. The fourth-order valence-corrected chi connectivity index (χ4v) is 1.60. The summed E-state index contributed by atoms with van der Waals surface area (Å²) in [7, 11) is 0. The van der Waals surface area contributed by atoms with Crippen LogP contribution in [-0.4, -0.2) is 25.5 Å². The lowest BCUT2D eigenvalue weighted by Gasteiger charge is -2.15. The van der Waals surface area contributed by atoms with Crippen molar-refractivity contribution in [3.8, 4) is 0 Å². The zero-order valence-electron chi connectivity index (χ0n) is 8.76. The maximum absolute atomic E-state index is 11.6. The highest BCUT2D eigenvalue weighted by Gasteiger charge is 2.29. The van der Waals surface area contributed by atoms with Crippen molar-refractivity contribution in [2.24, 2.45) is 17.8 Å². The van der Waals surface area contributed by atoms with Crippen LogP contribution in [0.5, 0.6) is 0 Å². The molecule has 1 aliphatic heterocycles. The monoisotopic (exact) mass is 184 g/mol. The number of amides is 1. The smallest absolute Gasteiger partial charge is 0.224 e. The molecule has 1 rings (SSSR count). The molecule has 0 saturated carbocycles. The van der Waals surface area contributed by atoms with Crippen molar-refractivity contribution in [3.63, 3.8) is 0 Å². The van der Waals surface area contributed by atoms with E-state index in [0.29, 0.717) is 11.8 Å². The van der Waals surface area contributed by atoms with E-state index in [0.717, 1.165) is 19.6 Å². The minimum atomic E-state index is 0.179. The van der Waals surface area contributed by atoms with Gasteiger partial charge in [0.1, 0.15) is 0 Å². The standard InChI is InChI=1S/C10H20N2O/c1-7(2)4-12-10(13)9-6-11-5-8(9)3/h7-9,11H,4-6H2,1-3H3,(H,12,13)/t8-,9-/m1/s1. The molecule has 2 atom stereocenters. The molecule has 76 valence electrons. The molecule has 2 N–H and O–H groups in total. The first-order valence-corrected chi connectivity index (χ1v) is 5.09. The van der Waals surface area contributed by atoms with Gasteiger partial charge in [-0.05, 0) is 18.4 Å². The van der Waals surface area contributed by atoms with Gasteiger partial charge in [-0.25, -0.2) is 0 Å². The highest BCUT2D eigenvalue weighted by Crippen LogP contribution is 2.15. The number of hydrogen-bond acceptors (Lipinski definition) is 2. The number of hydrogen-bond donors (Lipinski definition) is 2. The Morgan fingerprint density at radius 1 is 1.54 bits per heavy atom. The molecule has 0 bridgehead atoms. The number of carbonyl (C=O) groups is 1. The zero-order chi connectivity index (χ0) is 9.84. The molecule has 0 aromatic rings. The Morgan fingerprint density at radius 2 is 2.23 bits per heavy atom. The summed E-state index contributed by atoms with van der Waals surface area (Å²) >= 11 is 0. The van der Waals surface area contributed by atoms with Crippen LogP contribution in [0.15, 0.2) is 0 Å². The molecule has 0 spiro atoms. The number of nitrogens with one attached hydrogen (secondary N) is 2. The van der Waals surface area contributed by atoms with Crippen molar-refractivity contribution < 1.29 is 4.79 Å². The summed E-state index contributed by atoms with van der Waals surface area (Å²) in [6.45, 7) is 8.94. The van der Waals surface area contributed by atoms with Gasteiger partial charge in [0, 0.05) is 13.1 Å². The maximum atomic E-state index is 11.6. The van der Waals surface area contributed by atoms with Crippen molar-refractivity contribution in [3.05, 3.63) is 0 Å². The second kappa shape index (κ2) is 4.61. The number of rotatable bonds is 3. The quantitative estimate of drug-likeness (QED) is 0.675. The van der Waals surface area contributed by atoms with E-state index in [1.54, 1.807) is 0 Å². The molecular weight excluding hydrogens is 164 g/mol. The maximum Gasteiger partial charge on any atom is 0.224 e. The van der Waals surface area contributed by atoms with Crippen LogP contribution in [0.4, 0.5) is 0 Å². The van der Waals surface area contributed by atoms with E-state index in [1.165, 1.54) is 0 Å². The van der Waals surface area contributed by atoms with Gasteiger partial charge < -0.3 is 10.6 Å². The average molecular weight is 184 g/mol. The molecule has 1 amide bonds. The van der Waals surface area contributed by atoms with Crippen LogP contribution in [0.1, 0.15) is 20.8 Å². The summed E-state index contributed by atoms with van der Waals surface area (Å²) in [6.07, 6.45) is 0. The first-order valence-electron chi connectivity index (χ1n) is 5.09. The fourth-order valence-electron chi connectivity index (χ4n) is 1.60. The average Bonchev–Trinajstić information content (AvgIpc) is 2.47. The third-order valence-electron chi connectivity index (χ3n) is 2.54. The largest absolute Gasteiger partial charge is 0.356 e. The summed E-state index contributed by atoms with van der Waals surface area (Å²) < 4.78 is 0. The fraction of sp³-hybridized carbons (Fsp3) is 0.900. The predicted octanol–water partition coefficient (Wildman–Crippen LogP) is 0.614.